The third-order valence-corrected chi connectivity index (χ3v) is 4.77. The standard InChI is InChI=1S/C14H21N3O4S/c1-16(2)9-3-8-15-22(19,20)13-6-4-12(5-7-13)17-10-11-21-14(17)18/h4-7,15H,3,8-11H2,1-2H3. The maximum absolute atomic E-state index is 12.1. The van der Waals surface area contributed by atoms with E-state index in [0.717, 1.165) is 13.0 Å². The maximum atomic E-state index is 12.1. The van der Waals surface area contributed by atoms with Gasteiger partial charge in [-0.25, -0.2) is 17.9 Å². The fraction of sp³-hybridized carbons (Fsp3) is 0.500. The molecule has 0 bridgehead atoms. The summed E-state index contributed by atoms with van der Waals surface area (Å²) in [4.78, 5) is 15.1. The molecule has 1 aromatic rings. The van der Waals surface area contributed by atoms with Gasteiger partial charge in [0.1, 0.15) is 6.61 Å². The summed E-state index contributed by atoms with van der Waals surface area (Å²) in [5.74, 6) is 0. The van der Waals surface area contributed by atoms with Crippen LogP contribution in [0.3, 0.4) is 0 Å². The van der Waals surface area contributed by atoms with E-state index in [4.69, 9.17) is 4.74 Å². The zero-order valence-electron chi connectivity index (χ0n) is 12.8. The molecule has 0 unspecified atom stereocenters. The number of nitrogens with zero attached hydrogens (tertiary/aromatic N) is 2. The minimum atomic E-state index is -3.52. The molecule has 0 aliphatic carbocycles. The summed E-state index contributed by atoms with van der Waals surface area (Å²) in [6, 6.07) is 6.21. The van der Waals surface area contributed by atoms with E-state index in [9.17, 15) is 13.2 Å². The number of amides is 1. The molecule has 1 N–H and O–H groups in total. The van der Waals surface area contributed by atoms with Crippen molar-refractivity contribution in [2.75, 3.05) is 45.2 Å². The van der Waals surface area contributed by atoms with Crippen molar-refractivity contribution in [2.45, 2.75) is 11.3 Å². The van der Waals surface area contributed by atoms with E-state index in [1.54, 1.807) is 12.1 Å². The highest BCUT2D eigenvalue weighted by atomic mass is 32.2. The van der Waals surface area contributed by atoms with Gasteiger partial charge < -0.3 is 9.64 Å². The SMILES string of the molecule is CN(C)CCCNS(=O)(=O)c1ccc(N2CCOC2=O)cc1. The van der Waals surface area contributed by atoms with Crippen molar-refractivity contribution < 1.29 is 17.9 Å². The third-order valence-electron chi connectivity index (χ3n) is 3.29. The zero-order valence-corrected chi connectivity index (χ0v) is 13.6. The number of hydrogen-bond acceptors (Lipinski definition) is 5. The molecule has 1 aliphatic heterocycles. The Labute approximate surface area is 130 Å². The number of cyclic esters (lactones) is 1. The van der Waals surface area contributed by atoms with Crippen molar-refractivity contribution >= 4 is 21.8 Å². The first-order valence-electron chi connectivity index (χ1n) is 7.09. The van der Waals surface area contributed by atoms with Gasteiger partial charge in [0.15, 0.2) is 0 Å². The largest absolute Gasteiger partial charge is 0.447 e. The van der Waals surface area contributed by atoms with Gasteiger partial charge in [-0.15, -0.1) is 0 Å². The van der Waals surface area contributed by atoms with Gasteiger partial charge in [0.25, 0.3) is 0 Å². The van der Waals surface area contributed by atoms with Crippen molar-refractivity contribution in [3.05, 3.63) is 24.3 Å². The monoisotopic (exact) mass is 327 g/mol. The van der Waals surface area contributed by atoms with Crippen LogP contribution in [0.1, 0.15) is 6.42 Å². The lowest BCUT2D eigenvalue weighted by Gasteiger charge is -2.13. The van der Waals surface area contributed by atoms with Gasteiger partial charge in [-0.3, -0.25) is 4.90 Å². The van der Waals surface area contributed by atoms with Gasteiger partial charge in [0, 0.05) is 12.2 Å². The lowest BCUT2D eigenvalue weighted by atomic mass is 10.3. The van der Waals surface area contributed by atoms with Crippen molar-refractivity contribution in [2.24, 2.45) is 0 Å². The smallest absolute Gasteiger partial charge is 0.414 e. The van der Waals surface area contributed by atoms with Gasteiger partial charge in [-0.2, -0.15) is 0 Å². The Bertz CT molecular complexity index is 613. The molecule has 22 heavy (non-hydrogen) atoms. The second-order valence-electron chi connectivity index (χ2n) is 5.31. The molecule has 0 atom stereocenters. The van der Waals surface area contributed by atoms with Crippen molar-refractivity contribution in [3.8, 4) is 0 Å². The summed E-state index contributed by atoms with van der Waals surface area (Å²) in [6.07, 6.45) is 0.335. The predicted octanol–water partition coefficient (Wildman–Crippen LogP) is 0.873. The summed E-state index contributed by atoms with van der Waals surface area (Å²) in [5, 5.41) is 0. The van der Waals surface area contributed by atoms with E-state index in [2.05, 4.69) is 4.72 Å². The predicted molar refractivity (Wildman–Crippen MR) is 83.5 cm³/mol. The second-order valence-corrected chi connectivity index (χ2v) is 7.08. The molecule has 1 heterocycles. The van der Waals surface area contributed by atoms with Crippen LogP contribution in [-0.4, -0.2) is 59.7 Å². The van der Waals surface area contributed by atoms with E-state index >= 15 is 0 Å². The molecule has 0 saturated carbocycles. The van der Waals surface area contributed by atoms with E-state index in [-0.39, 0.29) is 4.90 Å². The fourth-order valence-electron chi connectivity index (χ4n) is 2.12. The normalized spacial score (nSPS) is 15.4. The van der Waals surface area contributed by atoms with E-state index in [1.807, 2.05) is 19.0 Å². The molecule has 0 aromatic heterocycles. The summed E-state index contributed by atoms with van der Waals surface area (Å²) >= 11 is 0. The van der Waals surface area contributed by atoms with Crippen LogP contribution in [0.2, 0.25) is 0 Å². The first-order valence-corrected chi connectivity index (χ1v) is 8.57. The molecule has 1 fully saturated rings. The van der Waals surface area contributed by atoms with Crippen LogP contribution < -0.4 is 9.62 Å². The van der Waals surface area contributed by atoms with Crippen molar-refractivity contribution in [3.63, 3.8) is 0 Å². The molecule has 0 spiro atoms. The van der Waals surface area contributed by atoms with Crippen molar-refractivity contribution in [1.29, 1.82) is 0 Å². The van der Waals surface area contributed by atoms with Gasteiger partial charge in [0.05, 0.1) is 11.4 Å². The molecule has 7 nitrogen and oxygen atoms in total. The van der Waals surface area contributed by atoms with Gasteiger partial charge in [-0.1, -0.05) is 0 Å². The molecular formula is C14H21N3O4S. The minimum Gasteiger partial charge on any atom is -0.447 e. The van der Waals surface area contributed by atoms with Crippen LogP contribution in [0.4, 0.5) is 10.5 Å². The Morgan fingerprint density at radius 2 is 1.95 bits per heavy atom. The molecule has 1 aromatic carbocycles. The summed E-state index contributed by atoms with van der Waals surface area (Å²) < 4.78 is 31.7. The number of carbonyl (C=O) groups is 1. The fourth-order valence-corrected chi connectivity index (χ4v) is 3.19. The summed E-state index contributed by atoms with van der Waals surface area (Å²) in [5.41, 5.74) is 0.633. The number of sulfonamides is 1. The topological polar surface area (TPSA) is 79.0 Å². The second kappa shape index (κ2) is 7.08. The summed E-state index contributed by atoms with van der Waals surface area (Å²) in [6.45, 7) is 2.04. The van der Waals surface area contributed by atoms with E-state index in [0.29, 0.717) is 25.4 Å². The van der Waals surface area contributed by atoms with Crippen molar-refractivity contribution in [1.82, 2.24) is 9.62 Å². The quantitative estimate of drug-likeness (QED) is 0.752. The van der Waals surface area contributed by atoms with Crippen LogP contribution in [0.25, 0.3) is 0 Å². The van der Waals surface area contributed by atoms with Crippen LogP contribution in [-0.2, 0) is 14.8 Å². The average Bonchev–Trinajstić information content (AvgIpc) is 2.90. The third kappa shape index (κ3) is 4.19. The molecule has 1 saturated heterocycles. The highest BCUT2D eigenvalue weighted by molar-refractivity contribution is 7.89. The van der Waals surface area contributed by atoms with Gasteiger partial charge >= 0.3 is 6.09 Å². The maximum Gasteiger partial charge on any atom is 0.414 e. The summed E-state index contributed by atoms with van der Waals surface area (Å²) in [7, 11) is 0.367. The van der Waals surface area contributed by atoms with E-state index in [1.165, 1.54) is 17.0 Å². The number of rotatable bonds is 7. The van der Waals surface area contributed by atoms with Crippen LogP contribution >= 0.6 is 0 Å². The number of carbonyl (C=O) groups excluding carboxylic acids is 1. The molecule has 8 heteroatoms. The van der Waals surface area contributed by atoms with E-state index < -0.39 is 16.1 Å². The Kier molecular flexibility index (Phi) is 5.38. The Morgan fingerprint density at radius 3 is 2.50 bits per heavy atom. The number of anilines is 1. The average molecular weight is 327 g/mol. The lowest BCUT2D eigenvalue weighted by molar-refractivity contribution is 0.181. The molecule has 1 aliphatic rings. The van der Waals surface area contributed by atoms with Gasteiger partial charge in [0.2, 0.25) is 10.0 Å². The Hall–Kier alpha value is -1.64. The molecular weight excluding hydrogens is 306 g/mol. The number of nitrogens with one attached hydrogen (secondary N) is 1. The highest BCUT2D eigenvalue weighted by Gasteiger charge is 2.24. The lowest BCUT2D eigenvalue weighted by Crippen LogP contribution is -2.27. The molecule has 2 rings (SSSR count). The number of hydrogen-bond donors (Lipinski definition) is 1. The number of benzene rings is 1. The molecule has 122 valence electrons. The Morgan fingerprint density at radius 1 is 1.27 bits per heavy atom. The highest BCUT2D eigenvalue weighted by Crippen LogP contribution is 2.20. The zero-order chi connectivity index (χ0) is 16.2. The van der Waals surface area contributed by atoms with Crippen LogP contribution in [0, 0.1) is 0 Å². The van der Waals surface area contributed by atoms with Crippen LogP contribution in [0.5, 0.6) is 0 Å². The Balaban J connectivity index is 1.98. The van der Waals surface area contributed by atoms with Crippen LogP contribution in [0.15, 0.2) is 29.2 Å². The molecule has 1 amide bonds. The molecule has 0 radical (unpaired) electrons. The first kappa shape index (κ1) is 16.7. The number of ether oxygens (including phenoxy) is 1. The first-order chi connectivity index (χ1) is 10.4. The van der Waals surface area contributed by atoms with Gasteiger partial charge in [-0.05, 0) is 51.3 Å². The minimum absolute atomic E-state index is 0.189.